The van der Waals surface area contributed by atoms with Gasteiger partial charge in [0.15, 0.2) is 0 Å². The third-order valence-corrected chi connectivity index (χ3v) is 5.12. The van der Waals surface area contributed by atoms with Crippen LogP contribution >= 0.6 is 34.8 Å². The summed E-state index contributed by atoms with van der Waals surface area (Å²) in [5.41, 5.74) is 2.25. The van der Waals surface area contributed by atoms with Gasteiger partial charge in [-0.25, -0.2) is 0 Å². The highest BCUT2D eigenvalue weighted by Crippen LogP contribution is 2.39. The van der Waals surface area contributed by atoms with E-state index in [0.29, 0.717) is 10.0 Å². The smallest absolute Gasteiger partial charge is 0.0624 e. The summed E-state index contributed by atoms with van der Waals surface area (Å²) in [5, 5.41) is 5.41. The second-order valence-corrected chi connectivity index (χ2v) is 6.45. The molecule has 1 nitrogen and oxygen atoms in total. The van der Waals surface area contributed by atoms with Crippen molar-refractivity contribution in [2.24, 2.45) is 0 Å². The van der Waals surface area contributed by atoms with Crippen LogP contribution in [0.2, 0.25) is 15.1 Å². The molecule has 0 amide bonds. The molecule has 0 aromatic heterocycles. The monoisotopic (exact) mass is 325 g/mol. The number of hydrogen-bond donors (Lipinski definition) is 1. The van der Waals surface area contributed by atoms with E-state index in [0.717, 1.165) is 30.1 Å². The van der Waals surface area contributed by atoms with Crippen LogP contribution in [0.3, 0.4) is 0 Å². The van der Waals surface area contributed by atoms with E-state index in [-0.39, 0.29) is 5.41 Å². The van der Waals surface area contributed by atoms with Gasteiger partial charge in [0, 0.05) is 23.5 Å². The van der Waals surface area contributed by atoms with Crippen molar-refractivity contribution in [3.8, 4) is 0 Å². The summed E-state index contributed by atoms with van der Waals surface area (Å²) in [6.45, 7) is 1.80. The average Bonchev–Trinajstić information content (AvgIpc) is 2.40. The summed E-state index contributed by atoms with van der Waals surface area (Å²) < 4.78 is 0. The molecular formula is C16H14Cl3N. The van der Waals surface area contributed by atoms with Crippen molar-refractivity contribution in [2.45, 2.75) is 11.8 Å². The Bertz CT molecular complexity index is 635. The Morgan fingerprint density at radius 1 is 0.900 bits per heavy atom. The lowest BCUT2D eigenvalue weighted by molar-refractivity contribution is 0.275. The number of halogens is 3. The summed E-state index contributed by atoms with van der Waals surface area (Å²) in [6, 6.07) is 13.8. The molecule has 0 bridgehead atoms. The van der Waals surface area contributed by atoms with Gasteiger partial charge in [0.1, 0.15) is 0 Å². The van der Waals surface area contributed by atoms with Crippen LogP contribution in [0.15, 0.2) is 42.5 Å². The highest BCUT2D eigenvalue weighted by atomic mass is 35.5. The first-order chi connectivity index (χ1) is 9.62. The molecule has 0 atom stereocenters. The highest BCUT2D eigenvalue weighted by Gasteiger charge is 2.40. The second-order valence-electron chi connectivity index (χ2n) is 5.25. The fourth-order valence-electron chi connectivity index (χ4n) is 2.78. The van der Waals surface area contributed by atoms with E-state index < -0.39 is 0 Å². The minimum absolute atomic E-state index is 0.00661. The van der Waals surface area contributed by atoms with Crippen molar-refractivity contribution in [3.05, 3.63) is 68.7 Å². The molecule has 0 radical (unpaired) electrons. The van der Waals surface area contributed by atoms with Gasteiger partial charge in [0.25, 0.3) is 0 Å². The summed E-state index contributed by atoms with van der Waals surface area (Å²) in [7, 11) is 0. The van der Waals surface area contributed by atoms with Crippen molar-refractivity contribution >= 4 is 34.8 Å². The molecule has 3 rings (SSSR count). The van der Waals surface area contributed by atoms with Gasteiger partial charge < -0.3 is 5.32 Å². The normalized spacial score (nSPS) is 16.8. The van der Waals surface area contributed by atoms with Crippen LogP contribution in [-0.2, 0) is 11.8 Å². The average molecular weight is 327 g/mol. The van der Waals surface area contributed by atoms with Gasteiger partial charge in [0.2, 0.25) is 0 Å². The maximum atomic E-state index is 6.37. The molecule has 0 aliphatic carbocycles. The van der Waals surface area contributed by atoms with Crippen LogP contribution in [0.25, 0.3) is 0 Å². The molecule has 2 aromatic rings. The van der Waals surface area contributed by atoms with Crippen molar-refractivity contribution in [1.29, 1.82) is 0 Å². The summed E-state index contributed by atoms with van der Waals surface area (Å²) in [5.74, 6) is 0. The molecule has 1 fully saturated rings. The molecule has 1 heterocycles. The maximum Gasteiger partial charge on any atom is 0.0624 e. The minimum atomic E-state index is 0.00661. The van der Waals surface area contributed by atoms with Gasteiger partial charge in [-0.05, 0) is 29.7 Å². The van der Waals surface area contributed by atoms with E-state index in [1.54, 1.807) is 0 Å². The first-order valence-corrected chi connectivity index (χ1v) is 7.64. The summed E-state index contributed by atoms with van der Waals surface area (Å²) >= 11 is 18.8. The standard InChI is InChI=1S/C16H14Cl3N/c17-13-6-2-1-5-12(13)16(9-20-10-16)8-11-4-3-7-14(18)15(11)19/h1-7,20H,8-10H2. The van der Waals surface area contributed by atoms with Crippen LogP contribution in [-0.4, -0.2) is 13.1 Å². The molecule has 1 N–H and O–H groups in total. The van der Waals surface area contributed by atoms with E-state index in [2.05, 4.69) is 11.4 Å². The summed E-state index contributed by atoms with van der Waals surface area (Å²) in [6.07, 6.45) is 0.836. The van der Waals surface area contributed by atoms with Gasteiger partial charge in [-0.1, -0.05) is 65.1 Å². The number of rotatable bonds is 3. The van der Waals surface area contributed by atoms with E-state index >= 15 is 0 Å². The lowest BCUT2D eigenvalue weighted by Crippen LogP contribution is -2.58. The third-order valence-electron chi connectivity index (χ3n) is 3.93. The van der Waals surface area contributed by atoms with E-state index in [1.807, 2.05) is 36.4 Å². The first-order valence-electron chi connectivity index (χ1n) is 6.51. The number of hydrogen-bond acceptors (Lipinski definition) is 1. The first kappa shape index (κ1) is 14.2. The molecule has 0 unspecified atom stereocenters. The predicted octanol–water partition coefficient (Wildman–Crippen LogP) is 4.73. The zero-order chi connectivity index (χ0) is 14.2. The Hall–Kier alpha value is -0.730. The van der Waals surface area contributed by atoms with Crippen LogP contribution < -0.4 is 5.32 Å². The Morgan fingerprint density at radius 2 is 1.60 bits per heavy atom. The van der Waals surface area contributed by atoms with E-state index in [4.69, 9.17) is 34.8 Å². The Balaban J connectivity index is 1.99. The molecule has 104 valence electrons. The topological polar surface area (TPSA) is 12.0 Å². The van der Waals surface area contributed by atoms with Gasteiger partial charge in [-0.2, -0.15) is 0 Å². The van der Waals surface area contributed by atoms with Crippen LogP contribution in [0.1, 0.15) is 11.1 Å². The van der Waals surface area contributed by atoms with Crippen LogP contribution in [0.4, 0.5) is 0 Å². The lowest BCUT2D eigenvalue weighted by Gasteiger charge is -2.44. The van der Waals surface area contributed by atoms with E-state index in [9.17, 15) is 0 Å². The predicted molar refractivity (Wildman–Crippen MR) is 86.2 cm³/mol. The molecule has 4 heteroatoms. The zero-order valence-electron chi connectivity index (χ0n) is 10.8. The molecule has 0 spiro atoms. The zero-order valence-corrected chi connectivity index (χ0v) is 13.1. The lowest BCUT2D eigenvalue weighted by atomic mass is 9.71. The number of nitrogens with one attached hydrogen (secondary N) is 1. The third kappa shape index (κ3) is 2.44. The van der Waals surface area contributed by atoms with Gasteiger partial charge in [0.05, 0.1) is 10.0 Å². The summed E-state index contributed by atoms with van der Waals surface area (Å²) in [4.78, 5) is 0. The molecule has 0 saturated carbocycles. The fourth-order valence-corrected chi connectivity index (χ4v) is 3.50. The van der Waals surface area contributed by atoms with Gasteiger partial charge in [-0.15, -0.1) is 0 Å². The Labute approximate surface area is 133 Å². The van der Waals surface area contributed by atoms with Crippen molar-refractivity contribution in [3.63, 3.8) is 0 Å². The van der Waals surface area contributed by atoms with Gasteiger partial charge in [-0.3, -0.25) is 0 Å². The molecular weight excluding hydrogens is 313 g/mol. The molecule has 1 saturated heterocycles. The molecule has 20 heavy (non-hydrogen) atoms. The van der Waals surface area contributed by atoms with Crippen LogP contribution in [0.5, 0.6) is 0 Å². The second kappa shape index (κ2) is 5.57. The Morgan fingerprint density at radius 3 is 2.25 bits per heavy atom. The molecule has 1 aliphatic rings. The molecule has 2 aromatic carbocycles. The highest BCUT2D eigenvalue weighted by molar-refractivity contribution is 6.42. The number of benzene rings is 2. The van der Waals surface area contributed by atoms with E-state index in [1.165, 1.54) is 5.56 Å². The van der Waals surface area contributed by atoms with Crippen LogP contribution in [0, 0.1) is 0 Å². The Kier molecular flexibility index (Phi) is 3.96. The van der Waals surface area contributed by atoms with Crippen molar-refractivity contribution in [1.82, 2.24) is 5.32 Å². The maximum absolute atomic E-state index is 6.37. The fraction of sp³-hybridized carbons (Fsp3) is 0.250. The largest absolute Gasteiger partial charge is 0.315 e. The minimum Gasteiger partial charge on any atom is -0.315 e. The van der Waals surface area contributed by atoms with Crippen molar-refractivity contribution in [2.75, 3.05) is 13.1 Å². The molecule has 1 aliphatic heterocycles. The van der Waals surface area contributed by atoms with Crippen molar-refractivity contribution < 1.29 is 0 Å². The SMILES string of the molecule is Clc1ccccc1C1(Cc2cccc(Cl)c2Cl)CNC1. The van der Waals surface area contributed by atoms with Gasteiger partial charge >= 0.3 is 0 Å². The quantitative estimate of drug-likeness (QED) is 0.859.